The van der Waals surface area contributed by atoms with Gasteiger partial charge in [0.15, 0.2) is 0 Å². The highest BCUT2D eigenvalue weighted by molar-refractivity contribution is 7.92. The largest absolute Gasteiger partial charge is 0.464 e. The summed E-state index contributed by atoms with van der Waals surface area (Å²) in [4.78, 5) is 0.149. The molecule has 21 heavy (non-hydrogen) atoms. The summed E-state index contributed by atoms with van der Waals surface area (Å²) in [5.74, 6) is 0.963. The minimum Gasteiger partial charge on any atom is -0.464 e. The number of aromatic amines is 1. The number of H-pyrrole nitrogens is 1. The number of anilines is 1. The highest BCUT2D eigenvalue weighted by atomic mass is 32.2. The smallest absolute Gasteiger partial charge is 0.265 e. The average molecular weight is 312 g/mol. The van der Waals surface area contributed by atoms with E-state index in [9.17, 15) is 8.42 Å². The van der Waals surface area contributed by atoms with Crippen LogP contribution in [0.15, 0.2) is 15.4 Å². The van der Waals surface area contributed by atoms with Gasteiger partial charge in [0.1, 0.15) is 16.4 Å². The van der Waals surface area contributed by atoms with E-state index >= 15 is 0 Å². The SMILES string of the molecule is CCNCc1cc(S(=O)(=O)Nc2c(C)n[nH]c2C)c(C)o1. The van der Waals surface area contributed by atoms with Gasteiger partial charge in [-0.25, -0.2) is 8.42 Å². The van der Waals surface area contributed by atoms with Crippen LogP contribution in [-0.4, -0.2) is 25.2 Å². The van der Waals surface area contributed by atoms with Crippen LogP contribution < -0.4 is 10.0 Å². The molecule has 0 saturated carbocycles. The lowest BCUT2D eigenvalue weighted by Crippen LogP contribution is -2.14. The van der Waals surface area contributed by atoms with Crippen molar-refractivity contribution in [3.05, 3.63) is 29.0 Å². The van der Waals surface area contributed by atoms with E-state index in [0.717, 1.165) is 6.54 Å². The van der Waals surface area contributed by atoms with E-state index in [0.29, 0.717) is 35.1 Å². The maximum atomic E-state index is 12.5. The second-order valence-electron chi connectivity index (χ2n) is 4.83. The second-order valence-corrected chi connectivity index (χ2v) is 6.48. The summed E-state index contributed by atoms with van der Waals surface area (Å²) in [6, 6.07) is 1.55. The van der Waals surface area contributed by atoms with Crippen LogP contribution in [-0.2, 0) is 16.6 Å². The zero-order valence-corrected chi connectivity index (χ0v) is 13.4. The predicted molar refractivity (Wildman–Crippen MR) is 79.7 cm³/mol. The van der Waals surface area contributed by atoms with Gasteiger partial charge in [-0.05, 0) is 27.3 Å². The van der Waals surface area contributed by atoms with Gasteiger partial charge in [-0.15, -0.1) is 0 Å². The molecule has 0 bridgehead atoms. The van der Waals surface area contributed by atoms with Crippen LogP contribution in [0, 0.1) is 20.8 Å². The van der Waals surface area contributed by atoms with Gasteiger partial charge in [-0.3, -0.25) is 9.82 Å². The van der Waals surface area contributed by atoms with Crippen molar-refractivity contribution in [2.75, 3.05) is 11.3 Å². The molecule has 0 atom stereocenters. The van der Waals surface area contributed by atoms with Crippen LogP contribution in [0.2, 0.25) is 0 Å². The van der Waals surface area contributed by atoms with Crippen molar-refractivity contribution in [1.29, 1.82) is 0 Å². The molecule has 0 aliphatic carbocycles. The Bertz CT molecular complexity index is 711. The number of aromatic nitrogens is 2. The molecule has 0 unspecified atom stereocenters. The third-order valence-corrected chi connectivity index (χ3v) is 4.58. The van der Waals surface area contributed by atoms with E-state index in [1.165, 1.54) is 0 Å². The lowest BCUT2D eigenvalue weighted by molar-refractivity contribution is 0.460. The van der Waals surface area contributed by atoms with E-state index in [-0.39, 0.29) is 4.90 Å². The number of nitrogens with zero attached hydrogens (tertiary/aromatic N) is 1. The minimum absolute atomic E-state index is 0.149. The minimum atomic E-state index is -3.69. The molecule has 0 fully saturated rings. The summed E-state index contributed by atoms with van der Waals surface area (Å²) in [6.07, 6.45) is 0. The Labute approximate surface area is 124 Å². The van der Waals surface area contributed by atoms with Gasteiger partial charge >= 0.3 is 0 Å². The van der Waals surface area contributed by atoms with Crippen molar-refractivity contribution >= 4 is 15.7 Å². The predicted octanol–water partition coefficient (Wildman–Crippen LogP) is 1.84. The van der Waals surface area contributed by atoms with Gasteiger partial charge in [0.25, 0.3) is 10.0 Å². The first kappa shape index (κ1) is 15.6. The van der Waals surface area contributed by atoms with Gasteiger partial charge in [-0.1, -0.05) is 6.92 Å². The molecular formula is C13H20N4O3S. The second kappa shape index (κ2) is 5.90. The molecule has 2 heterocycles. The number of hydrogen-bond donors (Lipinski definition) is 3. The average Bonchev–Trinajstić information content (AvgIpc) is 2.94. The molecule has 2 aromatic rings. The Morgan fingerprint density at radius 2 is 2.05 bits per heavy atom. The highest BCUT2D eigenvalue weighted by Crippen LogP contribution is 2.25. The standard InChI is InChI=1S/C13H20N4O3S/c1-5-14-7-11-6-12(10(4)20-11)21(18,19)17-13-8(2)15-16-9(13)3/h6,14,17H,5,7H2,1-4H3,(H,15,16). The highest BCUT2D eigenvalue weighted by Gasteiger charge is 2.23. The fourth-order valence-corrected chi connectivity index (χ4v) is 3.40. The third-order valence-electron chi connectivity index (χ3n) is 3.13. The van der Waals surface area contributed by atoms with Crippen molar-refractivity contribution in [1.82, 2.24) is 15.5 Å². The monoisotopic (exact) mass is 312 g/mol. The maximum absolute atomic E-state index is 12.5. The molecule has 116 valence electrons. The van der Waals surface area contributed by atoms with E-state index < -0.39 is 10.0 Å². The number of furan rings is 1. The lowest BCUT2D eigenvalue weighted by Gasteiger charge is -2.06. The summed E-state index contributed by atoms with van der Waals surface area (Å²) in [5, 5.41) is 9.82. The number of nitrogens with one attached hydrogen (secondary N) is 3. The van der Waals surface area contributed by atoms with Gasteiger partial charge in [0, 0.05) is 6.07 Å². The zero-order chi connectivity index (χ0) is 15.6. The van der Waals surface area contributed by atoms with Crippen LogP contribution in [0.5, 0.6) is 0 Å². The van der Waals surface area contributed by atoms with Gasteiger partial charge in [0.05, 0.1) is 23.6 Å². The van der Waals surface area contributed by atoms with Crippen molar-refractivity contribution < 1.29 is 12.8 Å². The lowest BCUT2D eigenvalue weighted by atomic mass is 10.3. The Morgan fingerprint density at radius 3 is 2.62 bits per heavy atom. The molecule has 0 aliphatic rings. The Morgan fingerprint density at radius 1 is 1.33 bits per heavy atom. The van der Waals surface area contributed by atoms with Crippen molar-refractivity contribution in [2.24, 2.45) is 0 Å². The molecule has 7 nitrogen and oxygen atoms in total. The molecule has 0 aliphatic heterocycles. The van der Waals surface area contributed by atoms with Crippen LogP contribution in [0.3, 0.4) is 0 Å². The molecule has 0 spiro atoms. The zero-order valence-electron chi connectivity index (χ0n) is 12.6. The van der Waals surface area contributed by atoms with E-state index in [4.69, 9.17) is 4.42 Å². The van der Waals surface area contributed by atoms with Gasteiger partial charge in [0.2, 0.25) is 0 Å². The molecular weight excluding hydrogens is 292 g/mol. The van der Waals surface area contributed by atoms with Crippen molar-refractivity contribution in [3.8, 4) is 0 Å². The fraction of sp³-hybridized carbons (Fsp3) is 0.462. The summed E-state index contributed by atoms with van der Waals surface area (Å²) in [5.41, 5.74) is 1.75. The van der Waals surface area contributed by atoms with Crippen molar-refractivity contribution in [2.45, 2.75) is 39.1 Å². The summed E-state index contributed by atoms with van der Waals surface area (Å²) >= 11 is 0. The quantitative estimate of drug-likeness (QED) is 0.755. The number of sulfonamides is 1. The van der Waals surface area contributed by atoms with E-state index in [1.54, 1.807) is 26.8 Å². The Hall–Kier alpha value is -1.80. The molecule has 0 amide bonds. The summed E-state index contributed by atoms with van der Waals surface area (Å²) < 4.78 is 33.0. The third kappa shape index (κ3) is 3.27. The summed E-state index contributed by atoms with van der Waals surface area (Å²) in [7, 11) is -3.69. The van der Waals surface area contributed by atoms with Crippen LogP contribution in [0.25, 0.3) is 0 Å². The number of rotatable bonds is 6. The molecule has 8 heteroatoms. The van der Waals surface area contributed by atoms with Crippen LogP contribution >= 0.6 is 0 Å². The normalized spacial score (nSPS) is 11.8. The topological polar surface area (TPSA) is 100 Å². The molecule has 0 saturated heterocycles. The molecule has 0 radical (unpaired) electrons. The molecule has 2 rings (SSSR count). The Kier molecular flexibility index (Phi) is 4.38. The first-order valence-corrected chi connectivity index (χ1v) is 8.18. The van der Waals surface area contributed by atoms with Crippen LogP contribution in [0.4, 0.5) is 5.69 Å². The van der Waals surface area contributed by atoms with E-state index in [2.05, 4.69) is 20.2 Å². The van der Waals surface area contributed by atoms with Gasteiger partial charge < -0.3 is 9.73 Å². The van der Waals surface area contributed by atoms with E-state index in [1.807, 2.05) is 6.92 Å². The maximum Gasteiger partial charge on any atom is 0.265 e. The number of hydrogen-bond acceptors (Lipinski definition) is 5. The molecule has 0 aromatic carbocycles. The van der Waals surface area contributed by atoms with Gasteiger partial charge in [-0.2, -0.15) is 5.10 Å². The summed E-state index contributed by atoms with van der Waals surface area (Å²) in [6.45, 7) is 8.39. The molecule has 3 N–H and O–H groups in total. The van der Waals surface area contributed by atoms with Crippen LogP contribution in [0.1, 0.15) is 29.8 Å². The first-order valence-electron chi connectivity index (χ1n) is 6.69. The van der Waals surface area contributed by atoms with Crippen molar-refractivity contribution in [3.63, 3.8) is 0 Å². The fourth-order valence-electron chi connectivity index (χ4n) is 2.02. The molecule has 2 aromatic heterocycles. The first-order chi connectivity index (χ1) is 9.85. The number of aryl methyl sites for hydroxylation is 3. The Balaban J connectivity index is 2.29.